The van der Waals surface area contributed by atoms with E-state index in [1.54, 1.807) is 17.2 Å². The summed E-state index contributed by atoms with van der Waals surface area (Å²) in [5.74, 6) is -3.08. The van der Waals surface area contributed by atoms with Crippen LogP contribution in [0.2, 0.25) is 0 Å². The summed E-state index contributed by atoms with van der Waals surface area (Å²) >= 11 is 0. The molecule has 3 N–H and O–H groups in total. The molecule has 0 unspecified atom stereocenters. The van der Waals surface area contributed by atoms with Gasteiger partial charge in [-0.2, -0.15) is 18.3 Å². The van der Waals surface area contributed by atoms with Gasteiger partial charge in [0.25, 0.3) is 5.91 Å². The predicted octanol–water partition coefficient (Wildman–Crippen LogP) is 1.83. The maximum absolute atomic E-state index is 12.7. The molecule has 4 rings (SSSR count). The number of amides is 2. The SMILES string of the molecule is CN(C)Cc1cnn2c1CN(C(=O)CNC(=O)c1cccc3[nH]ccc13)CC2.O=C(O)C(F)(F)F. The number of hydrogen-bond donors (Lipinski definition) is 3. The third-order valence-corrected chi connectivity index (χ3v) is 5.28. The van der Waals surface area contributed by atoms with Crippen LogP contribution in [0.3, 0.4) is 0 Å². The fourth-order valence-corrected chi connectivity index (χ4v) is 3.63. The number of carbonyl (C=O) groups is 3. The summed E-state index contributed by atoms with van der Waals surface area (Å²) in [5.41, 5.74) is 3.66. The molecular formula is C22H25F3N6O4. The van der Waals surface area contributed by atoms with Crippen molar-refractivity contribution >= 4 is 28.7 Å². The van der Waals surface area contributed by atoms with E-state index in [-0.39, 0.29) is 18.4 Å². The molecule has 0 atom stereocenters. The van der Waals surface area contributed by atoms with Gasteiger partial charge in [0.15, 0.2) is 0 Å². The molecule has 0 fully saturated rings. The van der Waals surface area contributed by atoms with Crippen LogP contribution >= 0.6 is 0 Å². The lowest BCUT2D eigenvalue weighted by Crippen LogP contribution is -2.44. The van der Waals surface area contributed by atoms with Crippen LogP contribution in [-0.2, 0) is 29.2 Å². The molecule has 0 saturated heterocycles. The van der Waals surface area contributed by atoms with E-state index in [4.69, 9.17) is 9.90 Å². The number of nitrogens with zero attached hydrogens (tertiary/aromatic N) is 4. The molecule has 0 aliphatic carbocycles. The van der Waals surface area contributed by atoms with Crippen molar-refractivity contribution in [3.8, 4) is 0 Å². The minimum atomic E-state index is -5.08. The molecule has 13 heteroatoms. The fourth-order valence-electron chi connectivity index (χ4n) is 3.63. The summed E-state index contributed by atoms with van der Waals surface area (Å²) in [6.07, 6.45) is -1.41. The number of aromatic nitrogens is 3. The van der Waals surface area contributed by atoms with E-state index >= 15 is 0 Å². The zero-order chi connectivity index (χ0) is 25.8. The average Bonchev–Trinajstić information content (AvgIpc) is 3.43. The summed E-state index contributed by atoms with van der Waals surface area (Å²) in [6, 6.07) is 7.38. The number of alkyl halides is 3. The Morgan fingerprint density at radius 3 is 2.57 bits per heavy atom. The number of aromatic amines is 1. The van der Waals surface area contributed by atoms with Crippen molar-refractivity contribution in [2.75, 3.05) is 27.2 Å². The molecule has 1 aliphatic rings. The molecule has 3 heterocycles. The second-order valence-corrected chi connectivity index (χ2v) is 8.12. The van der Waals surface area contributed by atoms with E-state index in [1.165, 1.54) is 0 Å². The Morgan fingerprint density at radius 2 is 1.91 bits per heavy atom. The number of hydrogen-bond acceptors (Lipinski definition) is 5. The number of H-pyrrole nitrogens is 1. The van der Waals surface area contributed by atoms with E-state index in [0.29, 0.717) is 25.2 Å². The fraction of sp³-hybridized carbons (Fsp3) is 0.364. The van der Waals surface area contributed by atoms with E-state index in [2.05, 4.69) is 20.3 Å². The number of carbonyl (C=O) groups excluding carboxylic acids is 2. The van der Waals surface area contributed by atoms with Gasteiger partial charge in [0.1, 0.15) is 0 Å². The number of fused-ring (bicyclic) bond motifs is 2. The first-order chi connectivity index (χ1) is 16.5. The maximum atomic E-state index is 12.7. The van der Waals surface area contributed by atoms with E-state index in [1.807, 2.05) is 43.2 Å². The first kappa shape index (κ1) is 25.7. The zero-order valence-electron chi connectivity index (χ0n) is 19.1. The summed E-state index contributed by atoms with van der Waals surface area (Å²) in [6.45, 7) is 2.56. The standard InChI is InChI=1S/C20H24N6O2.C2HF3O2/c1-24(2)12-14-10-23-26-9-8-25(13-18(14)26)19(27)11-22-20(28)16-4-3-5-17-15(16)6-7-21-17;3-2(4,5)1(6)7/h3-7,10,21H,8-9,11-13H2,1-2H3,(H,22,28);(H,6,7). The highest BCUT2D eigenvalue weighted by atomic mass is 19.4. The Kier molecular flexibility index (Phi) is 7.79. The highest BCUT2D eigenvalue weighted by Crippen LogP contribution is 2.19. The van der Waals surface area contributed by atoms with Crippen LogP contribution in [0.4, 0.5) is 13.2 Å². The lowest BCUT2D eigenvalue weighted by atomic mass is 10.1. The van der Waals surface area contributed by atoms with Gasteiger partial charge in [-0.3, -0.25) is 14.3 Å². The third-order valence-electron chi connectivity index (χ3n) is 5.28. The van der Waals surface area contributed by atoms with Crippen molar-refractivity contribution in [3.05, 3.63) is 53.5 Å². The number of nitrogens with one attached hydrogen (secondary N) is 2. The molecular weight excluding hydrogens is 469 g/mol. The van der Waals surface area contributed by atoms with Gasteiger partial charge >= 0.3 is 12.1 Å². The summed E-state index contributed by atoms with van der Waals surface area (Å²) < 4.78 is 33.7. The second kappa shape index (κ2) is 10.6. The van der Waals surface area contributed by atoms with Gasteiger partial charge in [-0.05, 0) is 32.3 Å². The summed E-state index contributed by atoms with van der Waals surface area (Å²) in [7, 11) is 4.02. The van der Waals surface area contributed by atoms with Crippen molar-refractivity contribution in [1.82, 2.24) is 29.9 Å². The molecule has 3 aromatic rings. The normalized spacial score (nSPS) is 13.3. The quantitative estimate of drug-likeness (QED) is 0.497. The average molecular weight is 494 g/mol. The summed E-state index contributed by atoms with van der Waals surface area (Å²) in [4.78, 5) is 41.1. The van der Waals surface area contributed by atoms with Crippen molar-refractivity contribution in [2.24, 2.45) is 0 Å². The molecule has 188 valence electrons. The topological polar surface area (TPSA) is 124 Å². The molecule has 35 heavy (non-hydrogen) atoms. The van der Waals surface area contributed by atoms with Gasteiger partial charge in [0.2, 0.25) is 5.91 Å². The van der Waals surface area contributed by atoms with Crippen LogP contribution in [0, 0.1) is 0 Å². The van der Waals surface area contributed by atoms with Crippen LogP contribution in [0.1, 0.15) is 21.6 Å². The first-order valence-corrected chi connectivity index (χ1v) is 10.6. The third kappa shape index (κ3) is 6.38. The number of carboxylic acid groups (broad SMARTS) is 1. The van der Waals surface area contributed by atoms with E-state index in [0.717, 1.165) is 28.7 Å². The van der Waals surface area contributed by atoms with Crippen LogP contribution in [0.25, 0.3) is 10.9 Å². The minimum absolute atomic E-state index is 0.0171. The maximum Gasteiger partial charge on any atom is 0.490 e. The van der Waals surface area contributed by atoms with E-state index < -0.39 is 12.1 Å². The Labute approximate surface area is 198 Å². The Balaban J connectivity index is 0.000000429. The Morgan fingerprint density at radius 1 is 1.20 bits per heavy atom. The number of carboxylic acids is 1. The first-order valence-electron chi connectivity index (χ1n) is 10.6. The highest BCUT2D eigenvalue weighted by Gasteiger charge is 2.38. The Hall–Kier alpha value is -3.87. The lowest BCUT2D eigenvalue weighted by molar-refractivity contribution is -0.192. The monoisotopic (exact) mass is 494 g/mol. The van der Waals surface area contributed by atoms with Crippen LogP contribution in [0.15, 0.2) is 36.7 Å². The molecule has 0 radical (unpaired) electrons. The molecule has 0 saturated carbocycles. The molecule has 1 aliphatic heterocycles. The number of benzene rings is 1. The minimum Gasteiger partial charge on any atom is -0.475 e. The van der Waals surface area contributed by atoms with E-state index in [9.17, 15) is 22.8 Å². The summed E-state index contributed by atoms with van der Waals surface area (Å²) in [5, 5.41) is 15.2. The van der Waals surface area contributed by atoms with Gasteiger partial charge in [0, 0.05) is 41.3 Å². The second-order valence-electron chi connectivity index (χ2n) is 8.12. The van der Waals surface area contributed by atoms with Gasteiger partial charge in [-0.25, -0.2) is 4.79 Å². The van der Waals surface area contributed by atoms with Crippen molar-refractivity contribution in [2.45, 2.75) is 25.8 Å². The predicted molar refractivity (Wildman–Crippen MR) is 119 cm³/mol. The van der Waals surface area contributed by atoms with Crippen LogP contribution in [-0.4, -0.2) is 80.8 Å². The largest absolute Gasteiger partial charge is 0.490 e. The Bertz CT molecular complexity index is 1220. The number of rotatable bonds is 5. The molecule has 1 aromatic carbocycles. The molecule has 2 amide bonds. The van der Waals surface area contributed by atoms with Crippen LogP contribution in [0.5, 0.6) is 0 Å². The zero-order valence-corrected chi connectivity index (χ0v) is 19.1. The molecule has 0 bridgehead atoms. The lowest BCUT2D eigenvalue weighted by Gasteiger charge is -2.29. The highest BCUT2D eigenvalue weighted by molar-refractivity contribution is 6.07. The van der Waals surface area contributed by atoms with Gasteiger partial charge < -0.3 is 25.2 Å². The molecule has 10 nitrogen and oxygen atoms in total. The van der Waals surface area contributed by atoms with Crippen molar-refractivity contribution < 1.29 is 32.7 Å². The number of aliphatic carboxylic acids is 1. The van der Waals surface area contributed by atoms with Gasteiger partial charge in [-0.1, -0.05) is 6.07 Å². The van der Waals surface area contributed by atoms with Crippen molar-refractivity contribution in [3.63, 3.8) is 0 Å². The van der Waals surface area contributed by atoms with Gasteiger partial charge in [-0.15, -0.1) is 0 Å². The van der Waals surface area contributed by atoms with Crippen molar-refractivity contribution in [1.29, 1.82) is 0 Å². The molecule has 2 aromatic heterocycles. The molecule has 0 spiro atoms. The van der Waals surface area contributed by atoms with Gasteiger partial charge in [0.05, 0.1) is 31.5 Å². The van der Waals surface area contributed by atoms with Crippen LogP contribution < -0.4 is 5.32 Å². The number of halogens is 3. The smallest absolute Gasteiger partial charge is 0.475 e.